The van der Waals surface area contributed by atoms with Crippen LogP contribution in [0.5, 0.6) is 0 Å². The van der Waals surface area contributed by atoms with E-state index in [-0.39, 0.29) is 0 Å². The number of hydrogen-bond donors (Lipinski definition) is 1. The summed E-state index contributed by atoms with van der Waals surface area (Å²) in [4.78, 5) is 0. The maximum atomic E-state index is 10.5. The van der Waals surface area contributed by atoms with Crippen molar-refractivity contribution in [3.63, 3.8) is 0 Å². The Balaban J connectivity index is 1.78. The molecule has 0 bridgehead atoms. The van der Waals surface area contributed by atoms with Gasteiger partial charge in [0.25, 0.3) is 0 Å². The van der Waals surface area contributed by atoms with E-state index in [0.29, 0.717) is 28.4 Å². The molecule has 122 valence electrons. The van der Waals surface area contributed by atoms with Crippen LogP contribution in [0, 0.1) is 17.3 Å². The largest absolute Gasteiger partial charge is 0.414 e. The summed E-state index contributed by atoms with van der Waals surface area (Å²) in [5.74, 6) is 1.26. The molecule has 0 aromatic rings. The van der Waals surface area contributed by atoms with E-state index >= 15 is 0 Å². The first kappa shape index (κ1) is 16.0. The zero-order chi connectivity index (χ0) is 15.7. The molecule has 3 aliphatic carbocycles. The van der Waals surface area contributed by atoms with Gasteiger partial charge in [-0.05, 0) is 74.4 Å². The summed E-state index contributed by atoms with van der Waals surface area (Å²) in [5, 5.41) is 10.8. The Morgan fingerprint density at radius 2 is 1.81 bits per heavy atom. The van der Waals surface area contributed by atoms with Crippen molar-refractivity contribution >= 4 is 8.32 Å². The first-order chi connectivity index (χ1) is 9.50. The zero-order valence-electron chi connectivity index (χ0n) is 14.8. The highest BCUT2D eigenvalue weighted by Gasteiger charge is 2.68. The van der Waals surface area contributed by atoms with Gasteiger partial charge in [-0.15, -0.1) is 0 Å². The van der Waals surface area contributed by atoms with E-state index in [1.807, 2.05) is 0 Å². The summed E-state index contributed by atoms with van der Waals surface area (Å²) >= 11 is 0. The Morgan fingerprint density at radius 3 is 2.38 bits per heavy atom. The number of aliphatic hydroxyl groups is 1. The lowest BCUT2D eigenvalue weighted by Crippen LogP contribution is -2.62. The van der Waals surface area contributed by atoms with Crippen LogP contribution in [0.3, 0.4) is 0 Å². The molecule has 3 fully saturated rings. The van der Waals surface area contributed by atoms with E-state index in [1.165, 1.54) is 32.1 Å². The Kier molecular flexibility index (Phi) is 3.49. The molecular formula is C18H34O2Si. The SMILES string of the molecule is CC(C)(C)[Si](C)(C)O[C@H]1CCC[C@]23C[C@](C)(O)[C@H]2CC[C@@H]13. The third kappa shape index (κ3) is 2.26. The second-order valence-electron chi connectivity index (χ2n) is 9.81. The highest BCUT2D eigenvalue weighted by Crippen LogP contribution is 2.70. The number of hydrogen-bond acceptors (Lipinski definition) is 2. The smallest absolute Gasteiger partial charge is 0.192 e. The predicted octanol–water partition coefficient (Wildman–Crippen LogP) is 4.73. The van der Waals surface area contributed by atoms with Crippen molar-refractivity contribution in [2.24, 2.45) is 17.3 Å². The van der Waals surface area contributed by atoms with Crippen LogP contribution in [0.1, 0.15) is 66.2 Å². The van der Waals surface area contributed by atoms with Crippen LogP contribution in [0.2, 0.25) is 18.1 Å². The Morgan fingerprint density at radius 1 is 1.14 bits per heavy atom. The maximum Gasteiger partial charge on any atom is 0.192 e. The average Bonchev–Trinajstić information content (AvgIpc) is 2.62. The summed E-state index contributed by atoms with van der Waals surface area (Å²) in [6.45, 7) is 13.8. The fraction of sp³-hybridized carbons (Fsp3) is 1.00. The molecule has 5 atom stereocenters. The molecule has 0 aliphatic heterocycles. The first-order valence-electron chi connectivity index (χ1n) is 8.90. The van der Waals surface area contributed by atoms with E-state index in [9.17, 15) is 5.11 Å². The second kappa shape index (κ2) is 4.58. The van der Waals surface area contributed by atoms with Gasteiger partial charge in [0.1, 0.15) is 0 Å². The van der Waals surface area contributed by atoms with Crippen LogP contribution < -0.4 is 0 Å². The predicted molar refractivity (Wildman–Crippen MR) is 89.8 cm³/mol. The van der Waals surface area contributed by atoms with Crippen molar-refractivity contribution in [1.29, 1.82) is 0 Å². The summed E-state index contributed by atoms with van der Waals surface area (Å²) < 4.78 is 6.83. The lowest BCUT2D eigenvalue weighted by atomic mass is 9.47. The van der Waals surface area contributed by atoms with Gasteiger partial charge in [0.2, 0.25) is 0 Å². The molecule has 0 amide bonds. The quantitative estimate of drug-likeness (QED) is 0.747. The molecule has 0 aromatic heterocycles. The summed E-state index contributed by atoms with van der Waals surface area (Å²) in [5.41, 5.74) is 0.0302. The van der Waals surface area contributed by atoms with Crippen LogP contribution in [0.25, 0.3) is 0 Å². The minimum Gasteiger partial charge on any atom is -0.414 e. The molecule has 0 aromatic carbocycles. The molecule has 0 unspecified atom stereocenters. The van der Waals surface area contributed by atoms with Crippen molar-refractivity contribution in [2.45, 2.75) is 96.1 Å². The topological polar surface area (TPSA) is 29.5 Å². The average molecular weight is 311 g/mol. The van der Waals surface area contributed by atoms with Gasteiger partial charge >= 0.3 is 0 Å². The molecule has 0 radical (unpaired) electrons. The molecule has 1 spiro atoms. The summed E-state index contributed by atoms with van der Waals surface area (Å²) in [6.07, 6.45) is 7.84. The lowest BCUT2D eigenvalue weighted by molar-refractivity contribution is -0.206. The highest BCUT2D eigenvalue weighted by atomic mass is 28.4. The van der Waals surface area contributed by atoms with Gasteiger partial charge in [0.15, 0.2) is 8.32 Å². The Bertz CT molecular complexity index is 423. The molecule has 3 saturated carbocycles. The minimum atomic E-state index is -1.68. The van der Waals surface area contributed by atoms with E-state index in [1.54, 1.807) is 0 Å². The van der Waals surface area contributed by atoms with Crippen LogP contribution in [-0.4, -0.2) is 25.1 Å². The molecule has 0 heterocycles. The minimum absolute atomic E-state index is 0.292. The van der Waals surface area contributed by atoms with Crippen LogP contribution in [-0.2, 0) is 4.43 Å². The molecule has 21 heavy (non-hydrogen) atoms. The monoisotopic (exact) mass is 310 g/mol. The first-order valence-corrected chi connectivity index (χ1v) is 11.8. The molecule has 0 saturated heterocycles. The van der Waals surface area contributed by atoms with Gasteiger partial charge in [0, 0.05) is 6.10 Å². The van der Waals surface area contributed by atoms with Gasteiger partial charge in [-0.2, -0.15) is 0 Å². The fourth-order valence-corrected chi connectivity index (χ4v) is 6.95. The zero-order valence-corrected chi connectivity index (χ0v) is 15.8. The molecule has 2 nitrogen and oxygen atoms in total. The maximum absolute atomic E-state index is 10.5. The molecule has 3 aliphatic rings. The molecule has 3 heteroatoms. The molecule has 1 N–H and O–H groups in total. The molecule has 3 rings (SSSR count). The van der Waals surface area contributed by atoms with Crippen molar-refractivity contribution in [2.75, 3.05) is 0 Å². The van der Waals surface area contributed by atoms with Gasteiger partial charge in [-0.3, -0.25) is 0 Å². The van der Waals surface area contributed by atoms with Crippen molar-refractivity contribution in [1.82, 2.24) is 0 Å². The van der Waals surface area contributed by atoms with E-state index in [4.69, 9.17) is 4.43 Å². The van der Waals surface area contributed by atoms with Crippen LogP contribution in [0.15, 0.2) is 0 Å². The van der Waals surface area contributed by atoms with Gasteiger partial charge in [0.05, 0.1) is 5.60 Å². The number of rotatable bonds is 2. The standard InChI is InChI=1S/C18H34O2Si/c1-16(2,3)21(5,6)20-14-8-7-11-18-12-17(4,19)15(18)10-9-13(14)18/h13-15,19H,7-12H2,1-6H3/t13-,14-,15+,17-,18+/m0/s1. The van der Waals surface area contributed by atoms with Crippen molar-refractivity contribution in [3.8, 4) is 0 Å². The second-order valence-corrected chi connectivity index (χ2v) is 14.6. The van der Waals surface area contributed by atoms with Crippen molar-refractivity contribution in [3.05, 3.63) is 0 Å². The van der Waals surface area contributed by atoms with Crippen LogP contribution >= 0.6 is 0 Å². The van der Waals surface area contributed by atoms with E-state index in [0.717, 1.165) is 6.42 Å². The normalized spacial score (nSPS) is 46.7. The fourth-order valence-electron chi connectivity index (χ4n) is 5.56. The highest BCUT2D eigenvalue weighted by molar-refractivity contribution is 6.74. The Hall–Kier alpha value is 0.137. The van der Waals surface area contributed by atoms with Gasteiger partial charge < -0.3 is 9.53 Å². The summed E-state index contributed by atoms with van der Waals surface area (Å²) in [7, 11) is -1.68. The lowest BCUT2D eigenvalue weighted by Gasteiger charge is -2.62. The van der Waals surface area contributed by atoms with Crippen molar-refractivity contribution < 1.29 is 9.53 Å². The third-order valence-electron chi connectivity index (χ3n) is 7.47. The van der Waals surface area contributed by atoms with Gasteiger partial charge in [-0.25, -0.2) is 0 Å². The molecular weight excluding hydrogens is 276 g/mol. The van der Waals surface area contributed by atoms with Crippen LogP contribution in [0.4, 0.5) is 0 Å². The van der Waals surface area contributed by atoms with Gasteiger partial charge in [-0.1, -0.05) is 27.2 Å². The van der Waals surface area contributed by atoms with E-state index < -0.39 is 13.9 Å². The summed E-state index contributed by atoms with van der Waals surface area (Å²) in [6, 6.07) is 0. The van der Waals surface area contributed by atoms with E-state index in [2.05, 4.69) is 40.8 Å². The third-order valence-corrected chi connectivity index (χ3v) is 12.0. The Labute approximate surface area is 131 Å².